The molecule has 0 bridgehead atoms. The lowest BCUT2D eigenvalue weighted by atomic mass is 9.99. The highest BCUT2D eigenvalue weighted by Gasteiger charge is 2.46. The zero-order valence-corrected chi connectivity index (χ0v) is 21.3. The van der Waals surface area contributed by atoms with Gasteiger partial charge in [-0.1, -0.05) is 0 Å². The SMILES string of the molecule is O=C(OCC1OC(Oc2c(-c3ccc(O)c(O)c3)oc3cc(O)cc(O)c3c2=O)C(O)C(O)C1O)c1ccc(O)cc1. The van der Waals surface area contributed by atoms with Gasteiger partial charge in [-0.3, -0.25) is 4.79 Å². The number of phenolic OH excluding ortho intramolecular Hbond substituents is 5. The monoisotopic (exact) mass is 584 g/mol. The molecule has 0 saturated carbocycles. The topological polar surface area (TPSA) is 237 Å². The van der Waals surface area contributed by atoms with Gasteiger partial charge in [0.2, 0.25) is 17.5 Å². The summed E-state index contributed by atoms with van der Waals surface area (Å²) in [7, 11) is 0. The predicted octanol–water partition coefficient (Wildman–Crippen LogP) is 1.03. The molecule has 1 fully saturated rings. The van der Waals surface area contributed by atoms with Crippen molar-refractivity contribution in [3.8, 4) is 45.8 Å². The molecule has 8 N–H and O–H groups in total. The third-order valence-electron chi connectivity index (χ3n) is 6.54. The van der Waals surface area contributed by atoms with Crippen LogP contribution >= 0.6 is 0 Å². The van der Waals surface area contributed by atoms with E-state index in [9.17, 15) is 50.4 Å². The number of benzene rings is 3. The summed E-state index contributed by atoms with van der Waals surface area (Å²) < 4.78 is 22.1. The molecule has 5 atom stereocenters. The van der Waals surface area contributed by atoms with E-state index in [0.717, 1.165) is 24.3 Å². The second-order valence-corrected chi connectivity index (χ2v) is 9.41. The van der Waals surface area contributed by atoms with Crippen LogP contribution in [0.4, 0.5) is 0 Å². The van der Waals surface area contributed by atoms with Gasteiger partial charge in [0.15, 0.2) is 17.3 Å². The van der Waals surface area contributed by atoms with Gasteiger partial charge in [-0.15, -0.1) is 0 Å². The first-order valence-electron chi connectivity index (χ1n) is 12.3. The van der Waals surface area contributed by atoms with Crippen molar-refractivity contribution in [3.63, 3.8) is 0 Å². The Morgan fingerprint density at radius 3 is 2.19 bits per heavy atom. The van der Waals surface area contributed by atoms with Gasteiger partial charge in [-0.2, -0.15) is 0 Å². The molecule has 1 saturated heterocycles. The molecular formula is C28H24O14. The number of esters is 1. The lowest BCUT2D eigenvalue weighted by Crippen LogP contribution is -2.60. The predicted molar refractivity (Wildman–Crippen MR) is 140 cm³/mol. The number of rotatable bonds is 6. The van der Waals surface area contributed by atoms with Crippen molar-refractivity contribution in [2.75, 3.05) is 6.61 Å². The Balaban J connectivity index is 1.49. The van der Waals surface area contributed by atoms with Crippen LogP contribution in [0.25, 0.3) is 22.3 Å². The Kier molecular flexibility index (Phi) is 7.53. The summed E-state index contributed by atoms with van der Waals surface area (Å²) in [6, 6.07) is 10.4. The fourth-order valence-electron chi connectivity index (χ4n) is 4.34. The lowest BCUT2D eigenvalue weighted by Gasteiger charge is -2.39. The number of aliphatic hydroxyl groups is 3. The minimum atomic E-state index is -1.95. The summed E-state index contributed by atoms with van der Waals surface area (Å²) in [6.45, 7) is -0.629. The normalized spacial score (nSPS) is 22.1. The Morgan fingerprint density at radius 1 is 0.786 bits per heavy atom. The van der Waals surface area contributed by atoms with Crippen LogP contribution in [0.1, 0.15) is 10.4 Å². The second-order valence-electron chi connectivity index (χ2n) is 9.41. The van der Waals surface area contributed by atoms with Gasteiger partial charge in [-0.25, -0.2) is 4.79 Å². The summed E-state index contributed by atoms with van der Waals surface area (Å²) in [5, 5.41) is 80.5. The number of fused-ring (bicyclic) bond motifs is 1. The Bertz CT molecular complexity index is 1700. The number of aromatic hydroxyl groups is 5. The van der Waals surface area contributed by atoms with E-state index in [2.05, 4.69) is 0 Å². The maximum Gasteiger partial charge on any atom is 0.338 e. The molecule has 220 valence electrons. The van der Waals surface area contributed by atoms with Crippen LogP contribution in [0, 0.1) is 0 Å². The first-order valence-corrected chi connectivity index (χ1v) is 12.3. The Labute approximate surface area is 235 Å². The number of ether oxygens (including phenoxy) is 3. The number of phenols is 5. The molecule has 5 unspecified atom stereocenters. The van der Waals surface area contributed by atoms with Crippen LogP contribution in [-0.4, -0.2) is 84.1 Å². The van der Waals surface area contributed by atoms with Crippen molar-refractivity contribution in [1.82, 2.24) is 0 Å². The highest BCUT2D eigenvalue weighted by Crippen LogP contribution is 2.39. The average Bonchev–Trinajstić information content (AvgIpc) is 2.95. The van der Waals surface area contributed by atoms with Gasteiger partial charge >= 0.3 is 5.97 Å². The summed E-state index contributed by atoms with van der Waals surface area (Å²) in [5.74, 6) is -4.21. The first kappa shape index (κ1) is 28.5. The van der Waals surface area contributed by atoms with Crippen LogP contribution in [0.2, 0.25) is 0 Å². The third kappa shape index (κ3) is 5.34. The smallest absolute Gasteiger partial charge is 0.338 e. The molecule has 14 heteroatoms. The van der Waals surface area contributed by atoms with Gasteiger partial charge in [0, 0.05) is 17.7 Å². The van der Waals surface area contributed by atoms with Crippen molar-refractivity contribution in [2.24, 2.45) is 0 Å². The fraction of sp³-hybridized carbons (Fsp3) is 0.214. The van der Waals surface area contributed by atoms with Crippen LogP contribution < -0.4 is 10.2 Å². The molecule has 4 aromatic rings. The molecule has 2 heterocycles. The van der Waals surface area contributed by atoms with Crippen LogP contribution in [0.15, 0.2) is 63.8 Å². The molecule has 5 rings (SSSR count). The van der Waals surface area contributed by atoms with Crippen molar-refractivity contribution < 1.29 is 64.3 Å². The maximum atomic E-state index is 13.5. The molecule has 3 aromatic carbocycles. The number of hydrogen-bond acceptors (Lipinski definition) is 14. The van der Waals surface area contributed by atoms with Gasteiger partial charge in [0.1, 0.15) is 59.2 Å². The van der Waals surface area contributed by atoms with Crippen molar-refractivity contribution in [3.05, 3.63) is 70.4 Å². The summed E-state index contributed by atoms with van der Waals surface area (Å²) >= 11 is 0. The van der Waals surface area contributed by atoms with Gasteiger partial charge in [-0.05, 0) is 42.5 Å². The van der Waals surface area contributed by atoms with Crippen molar-refractivity contribution in [2.45, 2.75) is 30.7 Å². The summed E-state index contributed by atoms with van der Waals surface area (Å²) in [4.78, 5) is 25.9. The van der Waals surface area contributed by atoms with Crippen LogP contribution in [-0.2, 0) is 9.47 Å². The lowest BCUT2D eigenvalue weighted by molar-refractivity contribution is -0.277. The molecule has 1 aliphatic rings. The molecular weight excluding hydrogens is 560 g/mol. The molecule has 1 aliphatic heterocycles. The highest BCUT2D eigenvalue weighted by atomic mass is 16.7. The number of carbonyl (C=O) groups excluding carboxylic acids is 1. The molecule has 0 radical (unpaired) electrons. The zero-order chi connectivity index (χ0) is 30.3. The second kappa shape index (κ2) is 11.1. The zero-order valence-electron chi connectivity index (χ0n) is 21.3. The van der Waals surface area contributed by atoms with Gasteiger partial charge < -0.3 is 59.5 Å². The fourth-order valence-corrected chi connectivity index (χ4v) is 4.34. The quantitative estimate of drug-likeness (QED) is 0.117. The largest absolute Gasteiger partial charge is 0.508 e. The third-order valence-corrected chi connectivity index (χ3v) is 6.54. The average molecular weight is 584 g/mol. The summed E-state index contributed by atoms with van der Waals surface area (Å²) in [6.07, 6.45) is -8.95. The number of hydrogen-bond donors (Lipinski definition) is 8. The van der Waals surface area contributed by atoms with E-state index in [-0.39, 0.29) is 28.2 Å². The molecule has 1 aromatic heterocycles. The van der Waals surface area contributed by atoms with E-state index >= 15 is 0 Å². The number of aliphatic hydroxyl groups excluding tert-OH is 3. The van der Waals surface area contributed by atoms with Crippen LogP contribution in [0.5, 0.6) is 34.5 Å². The molecule has 14 nitrogen and oxygen atoms in total. The maximum absolute atomic E-state index is 13.5. The van der Waals surface area contributed by atoms with E-state index in [4.69, 9.17) is 18.6 Å². The van der Waals surface area contributed by atoms with E-state index in [1.165, 1.54) is 30.3 Å². The van der Waals surface area contributed by atoms with Gasteiger partial charge in [0.25, 0.3) is 0 Å². The van der Waals surface area contributed by atoms with E-state index in [0.29, 0.717) is 0 Å². The highest BCUT2D eigenvalue weighted by molar-refractivity contribution is 5.89. The standard InChI is InChI=1S/C28H24O14/c29-13-4-1-11(2-5-13)27(38)39-10-19-21(34)23(36)24(37)28(41-19)42-26-22(35)20-17(33)8-14(30)9-18(20)40-25(26)12-3-6-15(31)16(32)7-12/h1-9,19,21,23-24,28-34,36-37H,10H2. The summed E-state index contributed by atoms with van der Waals surface area (Å²) in [5.41, 5.74) is -1.25. The van der Waals surface area contributed by atoms with E-state index in [1.54, 1.807) is 0 Å². The van der Waals surface area contributed by atoms with E-state index < -0.39 is 82.8 Å². The molecule has 0 aliphatic carbocycles. The van der Waals surface area contributed by atoms with Crippen molar-refractivity contribution in [1.29, 1.82) is 0 Å². The molecule has 0 spiro atoms. The van der Waals surface area contributed by atoms with Crippen LogP contribution in [0.3, 0.4) is 0 Å². The molecule has 0 amide bonds. The minimum absolute atomic E-state index is 0.0209. The van der Waals surface area contributed by atoms with Crippen molar-refractivity contribution >= 4 is 16.9 Å². The molecule has 42 heavy (non-hydrogen) atoms. The Hall–Kier alpha value is -5.02. The van der Waals surface area contributed by atoms with E-state index in [1.807, 2.05) is 0 Å². The minimum Gasteiger partial charge on any atom is -0.508 e. The Morgan fingerprint density at radius 2 is 1.50 bits per heavy atom. The number of carbonyl (C=O) groups is 1. The van der Waals surface area contributed by atoms with Gasteiger partial charge in [0.05, 0.1) is 5.56 Å². The first-order chi connectivity index (χ1) is 19.9.